The average molecular weight is 488 g/mol. The minimum absolute atomic E-state index is 0. The van der Waals surface area contributed by atoms with Crippen LogP contribution in [0.2, 0.25) is 0 Å². The fourth-order valence-electron chi connectivity index (χ4n) is 2.38. The van der Waals surface area contributed by atoms with Crippen molar-refractivity contribution in [2.45, 2.75) is 37.7 Å². The molecule has 0 saturated carbocycles. The number of benzene rings is 1. The van der Waals surface area contributed by atoms with Crippen LogP contribution in [0.3, 0.4) is 0 Å². The molecule has 167 valence electrons. The molecule has 3 atom stereocenters. The molecule has 0 aliphatic heterocycles. The summed E-state index contributed by atoms with van der Waals surface area (Å²) in [6, 6.07) is 0. The van der Waals surface area contributed by atoms with Crippen LogP contribution in [-0.2, 0) is 29.4 Å². The topological polar surface area (TPSA) is 40.5 Å². The van der Waals surface area contributed by atoms with Gasteiger partial charge in [0.2, 0.25) is 0 Å². The van der Waals surface area contributed by atoms with Gasteiger partial charge in [0, 0.05) is 22.6 Å². The van der Waals surface area contributed by atoms with E-state index in [1.165, 1.54) is 0 Å². The first-order valence-corrected chi connectivity index (χ1v) is 6.61. The molecular weight excluding hydrogens is 480 g/mol. The van der Waals surface area contributed by atoms with Gasteiger partial charge in [0.1, 0.15) is 17.0 Å². The Kier molecular flexibility index (Phi) is 7.93. The molecule has 0 heterocycles. The molecule has 1 radical (unpaired) electrons. The Hall–Kier alpha value is -1.18. The Labute approximate surface area is 158 Å². The maximum atomic E-state index is 13.9. The second-order valence-electron chi connectivity index (χ2n) is 5.35. The number of hydrogen-bond donors (Lipinski definition) is 2. The van der Waals surface area contributed by atoms with Gasteiger partial charge in [-0.25, -0.2) is 13.2 Å². The van der Waals surface area contributed by atoms with Crippen molar-refractivity contribution in [3.8, 4) is 0 Å². The predicted octanol–water partition coefficient (Wildman–Crippen LogP) is 4.73. The van der Waals surface area contributed by atoms with Gasteiger partial charge in [-0.1, -0.05) is 0 Å². The van der Waals surface area contributed by atoms with E-state index in [1.54, 1.807) is 0 Å². The van der Waals surface area contributed by atoms with Crippen LogP contribution in [-0.4, -0.2) is 22.5 Å². The molecule has 0 spiro atoms. The van der Waals surface area contributed by atoms with Crippen LogP contribution in [0.1, 0.15) is 29.7 Å². The molecule has 0 aliphatic rings. The van der Waals surface area contributed by atoms with Crippen LogP contribution in [0.15, 0.2) is 0 Å². The van der Waals surface area contributed by atoms with Gasteiger partial charge in [-0.05, 0) is 6.92 Å². The fourth-order valence-corrected chi connectivity index (χ4v) is 2.38. The van der Waals surface area contributed by atoms with Crippen molar-refractivity contribution in [1.82, 2.24) is 0 Å². The summed E-state index contributed by atoms with van der Waals surface area (Å²) in [7, 11) is 0. The Balaban J connectivity index is 0.00000729. The van der Waals surface area contributed by atoms with Crippen molar-refractivity contribution >= 4 is 0 Å². The Morgan fingerprint density at radius 3 is 1.36 bits per heavy atom. The summed E-state index contributed by atoms with van der Waals surface area (Å²) in [4.78, 5) is 0. The third-order valence-corrected chi connectivity index (χ3v) is 3.46. The molecule has 2 nitrogen and oxygen atoms in total. The van der Waals surface area contributed by atoms with Gasteiger partial charge in [-0.15, -0.1) is 0 Å². The number of rotatable bonds is 3. The third kappa shape index (κ3) is 5.05. The van der Waals surface area contributed by atoms with Crippen LogP contribution in [0.4, 0.5) is 52.7 Å². The molecule has 15 heteroatoms. The first-order chi connectivity index (χ1) is 11.8. The molecule has 1 aromatic carbocycles. The largest absolute Gasteiger partial charge is 0.422 e. The maximum Gasteiger partial charge on any atom is 0.422 e. The molecule has 0 saturated heterocycles. The summed E-state index contributed by atoms with van der Waals surface area (Å²) >= 11 is 0. The van der Waals surface area contributed by atoms with Crippen LogP contribution in [0.5, 0.6) is 0 Å². The van der Waals surface area contributed by atoms with Gasteiger partial charge in [-0.3, -0.25) is 0 Å². The predicted molar refractivity (Wildman–Crippen MR) is 62.5 cm³/mol. The molecule has 0 aliphatic carbocycles. The molecule has 0 bridgehead atoms. The SMILES string of the molecule is CC(O)C(C(O)c1c(F)c(F)c(C(F)(F)F)c(F)c1C(F)(F)F)C(F)(F)F.[Cu]. The van der Waals surface area contributed by atoms with E-state index in [4.69, 9.17) is 5.11 Å². The zero-order valence-electron chi connectivity index (χ0n) is 13.0. The summed E-state index contributed by atoms with van der Waals surface area (Å²) in [6.45, 7) is 0.309. The summed E-state index contributed by atoms with van der Waals surface area (Å²) in [5.41, 5.74) is -9.34. The quantitative estimate of drug-likeness (QED) is 0.368. The van der Waals surface area contributed by atoms with Gasteiger partial charge < -0.3 is 10.2 Å². The normalized spacial score (nSPS) is 16.4. The molecule has 0 aromatic heterocycles. The monoisotopic (exact) mass is 487 g/mol. The van der Waals surface area contributed by atoms with E-state index in [1.807, 2.05) is 0 Å². The second kappa shape index (κ2) is 8.28. The first-order valence-electron chi connectivity index (χ1n) is 6.61. The number of hydrogen-bond acceptors (Lipinski definition) is 2. The van der Waals surface area contributed by atoms with Crippen molar-refractivity contribution in [2.75, 3.05) is 0 Å². The van der Waals surface area contributed by atoms with E-state index in [9.17, 15) is 57.8 Å². The van der Waals surface area contributed by atoms with Gasteiger partial charge >= 0.3 is 18.5 Å². The van der Waals surface area contributed by atoms with E-state index >= 15 is 0 Å². The summed E-state index contributed by atoms with van der Waals surface area (Å²) in [5, 5.41) is 18.6. The van der Waals surface area contributed by atoms with E-state index in [0.29, 0.717) is 6.92 Å². The van der Waals surface area contributed by atoms with E-state index in [2.05, 4.69) is 0 Å². The van der Waals surface area contributed by atoms with Crippen LogP contribution < -0.4 is 0 Å². The van der Waals surface area contributed by atoms with Crippen molar-refractivity contribution < 1.29 is 80.0 Å². The Morgan fingerprint density at radius 2 is 1.07 bits per heavy atom. The molecule has 1 aromatic rings. The molecule has 0 fully saturated rings. The Morgan fingerprint density at radius 1 is 0.679 bits per heavy atom. The van der Waals surface area contributed by atoms with E-state index < -0.39 is 70.8 Å². The molecule has 28 heavy (non-hydrogen) atoms. The van der Waals surface area contributed by atoms with Crippen LogP contribution in [0, 0.1) is 23.4 Å². The van der Waals surface area contributed by atoms with E-state index in [0.717, 1.165) is 0 Å². The van der Waals surface area contributed by atoms with Crippen LogP contribution >= 0.6 is 0 Å². The molecule has 3 unspecified atom stereocenters. The van der Waals surface area contributed by atoms with Crippen molar-refractivity contribution in [2.24, 2.45) is 5.92 Å². The maximum absolute atomic E-state index is 13.9. The molecule has 2 N–H and O–H groups in total. The second-order valence-corrected chi connectivity index (χ2v) is 5.35. The third-order valence-electron chi connectivity index (χ3n) is 3.46. The zero-order valence-corrected chi connectivity index (χ0v) is 13.9. The molecule has 1 rings (SSSR count). The van der Waals surface area contributed by atoms with Crippen molar-refractivity contribution in [3.63, 3.8) is 0 Å². The smallest absolute Gasteiger partial charge is 0.393 e. The van der Waals surface area contributed by atoms with E-state index in [-0.39, 0.29) is 17.1 Å². The number of aliphatic hydroxyl groups excluding tert-OH is 2. The van der Waals surface area contributed by atoms with Crippen molar-refractivity contribution in [3.05, 3.63) is 34.1 Å². The van der Waals surface area contributed by atoms with Crippen molar-refractivity contribution in [1.29, 1.82) is 0 Å². The minimum atomic E-state index is -6.25. The number of alkyl halides is 9. The summed E-state index contributed by atoms with van der Waals surface area (Å²) in [6.07, 6.45) is -24.6. The first kappa shape index (κ1) is 26.8. The standard InChI is InChI=1S/C13H8F12O2.Cu/c1-2(26)4(11(17,18)19)10(27)3-5(12(20,21)22)8(15)6(13(23,24)25)9(16)7(3)14;/h2,4,10,26-27H,1H3;. The fraction of sp³-hybridized carbons (Fsp3) is 0.538. The molecule has 0 amide bonds. The molecular formula is C13H8CuF12O2. The zero-order chi connectivity index (χ0) is 21.7. The Bertz CT molecular complexity index is 708. The summed E-state index contributed by atoms with van der Waals surface area (Å²) in [5.74, 6) is -13.5. The van der Waals surface area contributed by atoms with Crippen LogP contribution in [0.25, 0.3) is 0 Å². The number of aliphatic hydroxyl groups is 2. The van der Waals surface area contributed by atoms with Gasteiger partial charge in [-0.2, -0.15) is 39.5 Å². The number of halogens is 12. The average Bonchev–Trinajstić information content (AvgIpc) is 2.37. The summed E-state index contributed by atoms with van der Waals surface area (Å²) < 4.78 is 156. The van der Waals surface area contributed by atoms with Gasteiger partial charge in [0.15, 0.2) is 17.5 Å². The minimum Gasteiger partial charge on any atom is -0.393 e. The van der Waals surface area contributed by atoms with Gasteiger partial charge in [0.05, 0.1) is 12.2 Å². The van der Waals surface area contributed by atoms with Gasteiger partial charge in [0.25, 0.3) is 0 Å².